The van der Waals surface area contributed by atoms with Crippen LogP contribution in [0.1, 0.15) is 11.1 Å². The van der Waals surface area contributed by atoms with Gasteiger partial charge in [0.1, 0.15) is 17.4 Å². The summed E-state index contributed by atoms with van der Waals surface area (Å²) >= 11 is 0. The molecule has 0 aliphatic heterocycles. The summed E-state index contributed by atoms with van der Waals surface area (Å²) in [5.74, 6) is -0.390. The standard InChI is InChI=1S/C25H19N3O2/c26-15-19(25(30)27-21-10-12-22(29)13-11-21)14-20-17-28(16-18-6-2-1-3-7-18)24-9-5-4-8-23(20)24/h1-14,17,29H,16H2,(H,27,30)/b19-14+. The molecule has 0 radical (unpaired) electrons. The van der Waals surface area contributed by atoms with Crippen molar-refractivity contribution in [3.8, 4) is 11.8 Å². The first kappa shape index (κ1) is 19.0. The highest BCUT2D eigenvalue weighted by Gasteiger charge is 2.13. The lowest BCUT2D eigenvalue weighted by Gasteiger charge is -2.05. The third-order valence-corrected chi connectivity index (χ3v) is 4.81. The molecule has 2 N–H and O–H groups in total. The Balaban J connectivity index is 1.67. The zero-order valence-corrected chi connectivity index (χ0v) is 16.1. The summed E-state index contributed by atoms with van der Waals surface area (Å²) in [5, 5.41) is 22.6. The first-order chi connectivity index (χ1) is 14.6. The van der Waals surface area contributed by atoms with Crippen LogP contribution in [0.2, 0.25) is 0 Å². The molecule has 3 aromatic carbocycles. The van der Waals surface area contributed by atoms with Gasteiger partial charge >= 0.3 is 0 Å². The number of hydrogen-bond donors (Lipinski definition) is 2. The smallest absolute Gasteiger partial charge is 0.266 e. The van der Waals surface area contributed by atoms with Gasteiger partial charge in [-0.15, -0.1) is 0 Å². The first-order valence-electron chi connectivity index (χ1n) is 9.48. The Morgan fingerprint density at radius 3 is 2.43 bits per heavy atom. The topological polar surface area (TPSA) is 78.0 Å². The second-order valence-electron chi connectivity index (χ2n) is 6.89. The maximum atomic E-state index is 12.6. The third-order valence-electron chi connectivity index (χ3n) is 4.81. The molecule has 0 aliphatic rings. The number of fused-ring (bicyclic) bond motifs is 1. The lowest BCUT2D eigenvalue weighted by molar-refractivity contribution is -0.112. The van der Waals surface area contributed by atoms with E-state index >= 15 is 0 Å². The fourth-order valence-electron chi connectivity index (χ4n) is 3.35. The number of aromatic nitrogens is 1. The van der Waals surface area contributed by atoms with Crippen LogP contribution in [0.3, 0.4) is 0 Å². The Morgan fingerprint density at radius 1 is 1.00 bits per heavy atom. The predicted octanol–water partition coefficient (Wildman–Crippen LogP) is 4.94. The minimum absolute atomic E-state index is 0.00527. The molecule has 1 heterocycles. The molecule has 5 nitrogen and oxygen atoms in total. The molecule has 0 saturated heterocycles. The number of nitrogens with one attached hydrogen (secondary N) is 1. The van der Waals surface area contributed by atoms with Crippen molar-refractivity contribution in [2.24, 2.45) is 0 Å². The second kappa shape index (κ2) is 8.38. The number of phenolic OH excluding ortho intramolecular Hbond substituents is 1. The number of nitriles is 1. The monoisotopic (exact) mass is 393 g/mol. The third kappa shape index (κ3) is 4.08. The fourth-order valence-corrected chi connectivity index (χ4v) is 3.35. The number of aromatic hydroxyl groups is 1. The van der Waals surface area contributed by atoms with Gasteiger partial charge in [0.25, 0.3) is 5.91 Å². The van der Waals surface area contributed by atoms with E-state index in [1.807, 2.05) is 54.7 Å². The van der Waals surface area contributed by atoms with Crippen LogP contribution >= 0.6 is 0 Å². The number of rotatable bonds is 5. The van der Waals surface area contributed by atoms with Crippen molar-refractivity contribution in [1.82, 2.24) is 4.57 Å². The average Bonchev–Trinajstić information content (AvgIpc) is 3.11. The molecule has 0 atom stereocenters. The molecule has 30 heavy (non-hydrogen) atoms. The maximum absolute atomic E-state index is 12.6. The molecule has 5 heteroatoms. The summed E-state index contributed by atoms with van der Waals surface area (Å²) in [6, 6.07) is 26.1. The van der Waals surface area contributed by atoms with Gasteiger partial charge in [-0.1, -0.05) is 48.5 Å². The minimum Gasteiger partial charge on any atom is -0.508 e. The highest BCUT2D eigenvalue weighted by Crippen LogP contribution is 2.25. The quantitative estimate of drug-likeness (QED) is 0.286. The zero-order valence-electron chi connectivity index (χ0n) is 16.1. The molecule has 4 rings (SSSR count). The Morgan fingerprint density at radius 2 is 1.70 bits per heavy atom. The van der Waals surface area contributed by atoms with Gasteiger partial charge in [0.05, 0.1) is 0 Å². The molecule has 0 unspecified atom stereocenters. The van der Waals surface area contributed by atoms with Crippen LogP contribution in [-0.2, 0) is 11.3 Å². The van der Waals surface area contributed by atoms with E-state index in [1.54, 1.807) is 18.2 Å². The molecule has 0 fully saturated rings. The normalized spacial score (nSPS) is 11.2. The van der Waals surface area contributed by atoms with Gasteiger partial charge in [0.2, 0.25) is 0 Å². The lowest BCUT2D eigenvalue weighted by atomic mass is 10.1. The van der Waals surface area contributed by atoms with Crippen LogP contribution in [0, 0.1) is 11.3 Å². The van der Waals surface area contributed by atoms with E-state index in [4.69, 9.17) is 0 Å². The number of anilines is 1. The Hall–Kier alpha value is -4.30. The SMILES string of the molecule is N#C/C(=C\c1cn(Cc2ccccc2)c2ccccc12)C(=O)Nc1ccc(O)cc1. The van der Waals surface area contributed by atoms with Gasteiger partial charge in [0.15, 0.2) is 0 Å². The molecule has 4 aromatic rings. The summed E-state index contributed by atoms with van der Waals surface area (Å²) in [5.41, 5.74) is 3.51. The van der Waals surface area contributed by atoms with Gasteiger partial charge in [-0.3, -0.25) is 4.79 Å². The number of hydrogen-bond acceptors (Lipinski definition) is 3. The second-order valence-corrected chi connectivity index (χ2v) is 6.89. The Bertz CT molecular complexity index is 1260. The van der Waals surface area contributed by atoms with E-state index in [-0.39, 0.29) is 11.3 Å². The minimum atomic E-state index is -0.497. The van der Waals surface area contributed by atoms with E-state index in [2.05, 4.69) is 22.0 Å². The molecule has 1 amide bonds. The summed E-state index contributed by atoms with van der Waals surface area (Å²) in [7, 11) is 0. The molecule has 0 bridgehead atoms. The van der Waals surface area contributed by atoms with Crippen LogP contribution < -0.4 is 5.32 Å². The summed E-state index contributed by atoms with van der Waals surface area (Å²) in [6.07, 6.45) is 3.57. The number of nitrogens with zero attached hydrogens (tertiary/aromatic N) is 2. The van der Waals surface area contributed by atoms with Gasteiger partial charge in [-0.05, 0) is 42.0 Å². The highest BCUT2D eigenvalue weighted by atomic mass is 16.3. The van der Waals surface area contributed by atoms with Crippen molar-refractivity contribution in [2.45, 2.75) is 6.54 Å². The Labute approximate surface area is 174 Å². The number of para-hydroxylation sites is 1. The van der Waals surface area contributed by atoms with Crippen molar-refractivity contribution in [1.29, 1.82) is 5.26 Å². The molecular formula is C25H19N3O2. The summed E-state index contributed by atoms with van der Waals surface area (Å²) in [4.78, 5) is 12.6. The van der Waals surface area contributed by atoms with Crippen LogP contribution in [0.5, 0.6) is 5.75 Å². The number of carbonyl (C=O) groups excluding carboxylic acids is 1. The number of phenols is 1. The van der Waals surface area contributed by atoms with E-state index in [9.17, 15) is 15.2 Å². The number of carbonyl (C=O) groups is 1. The van der Waals surface area contributed by atoms with Gasteiger partial charge in [-0.25, -0.2) is 0 Å². The highest BCUT2D eigenvalue weighted by molar-refractivity contribution is 6.10. The van der Waals surface area contributed by atoms with Gasteiger partial charge < -0.3 is 15.0 Å². The van der Waals surface area contributed by atoms with Crippen LogP contribution in [0.4, 0.5) is 5.69 Å². The van der Waals surface area contributed by atoms with Crippen molar-refractivity contribution < 1.29 is 9.90 Å². The van der Waals surface area contributed by atoms with Crippen LogP contribution in [0.25, 0.3) is 17.0 Å². The van der Waals surface area contributed by atoms with E-state index in [0.29, 0.717) is 12.2 Å². The largest absolute Gasteiger partial charge is 0.508 e. The molecule has 0 spiro atoms. The van der Waals surface area contributed by atoms with Gasteiger partial charge in [0, 0.05) is 34.9 Å². The van der Waals surface area contributed by atoms with E-state index in [0.717, 1.165) is 16.5 Å². The zero-order chi connectivity index (χ0) is 20.9. The van der Waals surface area contributed by atoms with Crippen LogP contribution in [0.15, 0.2) is 90.6 Å². The van der Waals surface area contributed by atoms with Crippen molar-refractivity contribution in [3.63, 3.8) is 0 Å². The molecule has 0 aliphatic carbocycles. The lowest BCUT2D eigenvalue weighted by Crippen LogP contribution is -2.13. The van der Waals surface area contributed by atoms with E-state index < -0.39 is 5.91 Å². The van der Waals surface area contributed by atoms with Gasteiger partial charge in [-0.2, -0.15) is 5.26 Å². The van der Waals surface area contributed by atoms with Crippen LogP contribution in [-0.4, -0.2) is 15.6 Å². The molecular weight excluding hydrogens is 374 g/mol. The Kier molecular flexibility index (Phi) is 5.31. The van der Waals surface area contributed by atoms with Crippen molar-refractivity contribution >= 4 is 28.6 Å². The molecule has 1 aromatic heterocycles. The molecule has 0 saturated carbocycles. The number of amides is 1. The number of benzene rings is 3. The first-order valence-corrected chi connectivity index (χ1v) is 9.48. The maximum Gasteiger partial charge on any atom is 0.266 e. The fraction of sp³-hybridized carbons (Fsp3) is 0.0400. The summed E-state index contributed by atoms with van der Waals surface area (Å²) in [6.45, 7) is 0.691. The summed E-state index contributed by atoms with van der Waals surface area (Å²) < 4.78 is 2.11. The molecule has 146 valence electrons. The average molecular weight is 393 g/mol. The predicted molar refractivity (Wildman–Crippen MR) is 118 cm³/mol. The van der Waals surface area contributed by atoms with E-state index in [1.165, 1.54) is 17.7 Å². The van der Waals surface area contributed by atoms with Crippen molar-refractivity contribution in [3.05, 3.63) is 102 Å². The van der Waals surface area contributed by atoms with Crippen molar-refractivity contribution in [2.75, 3.05) is 5.32 Å².